The summed E-state index contributed by atoms with van der Waals surface area (Å²) in [5.74, 6) is -0.177. The third-order valence-electron chi connectivity index (χ3n) is 3.46. The molecule has 3 aromatic rings. The molecular weight excluding hydrogens is 262 g/mol. The number of hydrogen-bond donors (Lipinski definition) is 1. The monoisotopic (exact) mass is 273 g/mol. The fraction of sp³-hybridized carbons (Fsp3) is 0. The van der Waals surface area contributed by atoms with E-state index in [0.717, 1.165) is 22.2 Å². The van der Waals surface area contributed by atoms with Crippen LogP contribution >= 0.6 is 0 Å². The predicted molar refractivity (Wildman–Crippen MR) is 83.0 cm³/mol. The number of aliphatic imine (C=N–C) groups is 1. The van der Waals surface area contributed by atoms with Gasteiger partial charge in [0, 0.05) is 10.9 Å². The van der Waals surface area contributed by atoms with Crippen molar-refractivity contribution in [2.24, 2.45) is 4.99 Å². The maximum atomic E-state index is 12.0. The van der Waals surface area contributed by atoms with Gasteiger partial charge in [-0.3, -0.25) is 9.78 Å². The molecular formula is C17H11N3O. The Bertz CT molecular complexity index is 899. The first-order valence-electron chi connectivity index (χ1n) is 6.65. The molecule has 0 bridgehead atoms. The summed E-state index contributed by atoms with van der Waals surface area (Å²) in [6.45, 7) is 0. The van der Waals surface area contributed by atoms with Gasteiger partial charge in [-0.15, -0.1) is 0 Å². The van der Waals surface area contributed by atoms with Gasteiger partial charge in [-0.25, -0.2) is 4.99 Å². The number of carbonyl (C=O) groups excluding carboxylic acids is 1. The standard InChI is InChI=1S/C17H11N3O/c21-17-16(13-6-2-4-8-15(13)20-17)19-12-9-11-5-1-3-7-14(11)18-10-12/h1-10H,(H,19,20,21). The Morgan fingerprint density at radius 3 is 2.76 bits per heavy atom. The first-order valence-corrected chi connectivity index (χ1v) is 6.65. The molecule has 21 heavy (non-hydrogen) atoms. The molecule has 0 saturated heterocycles. The van der Waals surface area contributed by atoms with E-state index < -0.39 is 0 Å². The number of nitrogens with one attached hydrogen (secondary N) is 1. The molecule has 0 unspecified atom stereocenters. The Morgan fingerprint density at radius 1 is 1.00 bits per heavy atom. The van der Waals surface area contributed by atoms with Crippen LogP contribution in [0.2, 0.25) is 0 Å². The fourth-order valence-electron chi connectivity index (χ4n) is 2.46. The molecule has 100 valence electrons. The lowest BCUT2D eigenvalue weighted by Gasteiger charge is -2.00. The summed E-state index contributed by atoms with van der Waals surface area (Å²) in [7, 11) is 0. The normalized spacial score (nSPS) is 15.2. The molecule has 0 aliphatic carbocycles. The number of rotatable bonds is 1. The number of carbonyl (C=O) groups is 1. The van der Waals surface area contributed by atoms with E-state index in [4.69, 9.17) is 0 Å². The molecule has 1 N–H and O–H groups in total. The van der Waals surface area contributed by atoms with Crippen LogP contribution in [0.5, 0.6) is 0 Å². The van der Waals surface area contributed by atoms with Crippen LogP contribution in [0, 0.1) is 0 Å². The van der Waals surface area contributed by atoms with Crippen molar-refractivity contribution in [3.05, 3.63) is 66.4 Å². The van der Waals surface area contributed by atoms with Crippen LogP contribution in [0.4, 0.5) is 11.4 Å². The summed E-state index contributed by atoms with van der Waals surface area (Å²) >= 11 is 0. The van der Waals surface area contributed by atoms with Crippen molar-refractivity contribution in [2.45, 2.75) is 0 Å². The summed E-state index contributed by atoms with van der Waals surface area (Å²) < 4.78 is 0. The van der Waals surface area contributed by atoms with Gasteiger partial charge < -0.3 is 5.32 Å². The summed E-state index contributed by atoms with van der Waals surface area (Å²) in [5.41, 5.74) is 3.65. The highest BCUT2D eigenvalue weighted by Crippen LogP contribution is 2.26. The molecule has 2 heterocycles. The molecule has 4 rings (SSSR count). The minimum atomic E-state index is -0.177. The van der Waals surface area contributed by atoms with Crippen LogP contribution in [0.1, 0.15) is 5.56 Å². The van der Waals surface area contributed by atoms with Crippen molar-refractivity contribution in [3.8, 4) is 0 Å². The topological polar surface area (TPSA) is 54.4 Å². The number of fused-ring (bicyclic) bond motifs is 2. The smallest absolute Gasteiger partial charge is 0.275 e. The molecule has 0 fully saturated rings. The number of benzene rings is 2. The third kappa shape index (κ3) is 1.97. The number of hydrogen-bond acceptors (Lipinski definition) is 3. The van der Waals surface area contributed by atoms with Gasteiger partial charge in [0.2, 0.25) is 0 Å². The van der Waals surface area contributed by atoms with Gasteiger partial charge in [0.1, 0.15) is 5.71 Å². The predicted octanol–water partition coefficient (Wildman–Crippen LogP) is 3.31. The average Bonchev–Trinajstić information content (AvgIpc) is 2.83. The number of para-hydroxylation sites is 2. The molecule has 0 saturated carbocycles. The minimum Gasteiger partial charge on any atom is -0.320 e. The summed E-state index contributed by atoms with van der Waals surface area (Å²) in [6, 6.07) is 17.3. The molecule has 1 aromatic heterocycles. The zero-order valence-corrected chi connectivity index (χ0v) is 11.1. The first kappa shape index (κ1) is 11.8. The van der Waals surface area contributed by atoms with Crippen molar-refractivity contribution in [3.63, 3.8) is 0 Å². The Kier molecular flexibility index (Phi) is 2.54. The molecule has 0 spiro atoms. The van der Waals surface area contributed by atoms with Gasteiger partial charge in [0.25, 0.3) is 5.91 Å². The van der Waals surface area contributed by atoms with Crippen LogP contribution in [0.25, 0.3) is 10.9 Å². The largest absolute Gasteiger partial charge is 0.320 e. The van der Waals surface area contributed by atoms with Crippen molar-refractivity contribution < 1.29 is 4.79 Å². The van der Waals surface area contributed by atoms with Crippen molar-refractivity contribution in [2.75, 3.05) is 5.32 Å². The lowest BCUT2D eigenvalue weighted by molar-refractivity contribution is -0.110. The van der Waals surface area contributed by atoms with Gasteiger partial charge in [-0.1, -0.05) is 36.4 Å². The second-order valence-corrected chi connectivity index (χ2v) is 4.85. The summed E-state index contributed by atoms with van der Waals surface area (Å²) in [6.07, 6.45) is 1.68. The van der Waals surface area contributed by atoms with Gasteiger partial charge in [-0.05, 0) is 18.2 Å². The molecule has 0 radical (unpaired) electrons. The van der Waals surface area contributed by atoms with Gasteiger partial charge in [0.15, 0.2) is 0 Å². The minimum absolute atomic E-state index is 0.177. The number of pyridine rings is 1. The van der Waals surface area contributed by atoms with E-state index in [2.05, 4.69) is 15.3 Å². The van der Waals surface area contributed by atoms with Crippen molar-refractivity contribution in [1.82, 2.24) is 4.98 Å². The number of amides is 1. The van der Waals surface area contributed by atoms with Crippen LogP contribution in [-0.2, 0) is 4.79 Å². The van der Waals surface area contributed by atoms with E-state index in [-0.39, 0.29) is 5.91 Å². The first-order chi connectivity index (χ1) is 10.3. The van der Waals surface area contributed by atoms with Crippen LogP contribution < -0.4 is 5.32 Å². The van der Waals surface area contributed by atoms with Gasteiger partial charge >= 0.3 is 0 Å². The van der Waals surface area contributed by atoms with Gasteiger partial charge in [-0.2, -0.15) is 0 Å². The highest BCUT2D eigenvalue weighted by Gasteiger charge is 2.25. The van der Waals surface area contributed by atoms with Crippen molar-refractivity contribution in [1.29, 1.82) is 0 Å². The Hall–Kier alpha value is -3.01. The highest BCUT2D eigenvalue weighted by molar-refractivity contribution is 6.54. The van der Waals surface area contributed by atoms with E-state index >= 15 is 0 Å². The maximum Gasteiger partial charge on any atom is 0.275 e. The van der Waals surface area contributed by atoms with Crippen molar-refractivity contribution >= 4 is 33.9 Å². The molecule has 2 aromatic carbocycles. The zero-order valence-electron chi connectivity index (χ0n) is 11.1. The quantitative estimate of drug-likeness (QED) is 0.739. The average molecular weight is 273 g/mol. The van der Waals surface area contributed by atoms with Crippen LogP contribution in [-0.4, -0.2) is 16.6 Å². The zero-order chi connectivity index (χ0) is 14.2. The van der Waals surface area contributed by atoms with Crippen LogP contribution in [0.3, 0.4) is 0 Å². The Morgan fingerprint density at radius 2 is 1.81 bits per heavy atom. The van der Waals surface area contributed by atoms with E-state index in [0.29, 0.717) is 11.4 Å². The summed E-state index contributed by atoms with van der Waals surface area (Å²) in [4.78, 5) is 20.9. The molecule has 1 amide bonds. The van der Waals surface area contributed by atoms with E-state index in [1.165, 1.54) is 0 Å². The second kappa shape index (κ2) is 4.52. The number of aromatic nitrogens is 1. The Balaban J connectivity index is 1.84. The molecule has 4 nitrogen and oxygen atoms in total. The Labute approximate surface area is 121 Å². The molecule has 0 atom stereocenters. The third-order valence-corrected chi connectivity index (χ3v) is 3.46. The highest BCUT2D eigenvalue weighted by atomic mass is 16.2. The van der Waals surface area contributed by atoms with Crippen LogP contribution in [0.15, 0.2) is 65.8 Å². The molecule has 4 heteroatoms. The molecule has 1 aliphatic heterocycles. The maximum absolute atomic E-state index is 12.0. The second-order valence-electron chi connectivity index (χ2n) is 4.85. The summed E-state index contributed by atoms with van der Waals surface area (Å²) in [5, 5.41) is 3.82. The van der Waals surface area contributed by atoms with Gasteiger partial charge in [0.05, 0.1) is 23.1 Å². The fourth-order valence-corrected chi connectivity index (χ4v) is 2.46. The number of nitrogens with zero attached hydrogens (tertiary/aromatic N) is 2. The lowest BCUT2D eigenvalue weighted by atomic mass is 10.1. The lowest BCUT2D eigenvalue weighted by Crippen LogP contribution is -2.13. The van der Waals surface area contributed by atoms with E-state index in [9.17, 15) is 4.79 Å². The van der Waals surface area contributed by atoms with E-state index in [1.807, 2.05) is 54.6 Å². The SMILES string of the molecule is O=C1Nc2ccccc2C1=Nc1cnc2ccccc2c1. The molecule has 1 aliphatic rings. The van der Waals surface area contributed by atoms with E-state index in [1.54, 1.807) is 6.20 Å². The number of anilines is 1.